The molecule has 12 nitrogen and oxygen atoms in total. The van der Waals surface area contributed by atoms with Crippen LogP contribution in [-0.4, -0.2) is 70.7 Å². The second-order valence-electron chi connectivity index (χ2n) is 2.12. The van der Waals surface area contributed by atoms with Crippen LogP contribution in [0.15, 0.2) is 0 Å². The zero-order valence-electron chi connectivity index (χ0n) is 10.4. The Kier molecular flexibility index (Phi) is 40.6. The van der Waals surface area contributed by atoms with Crippen molar-refractivity contribution in [3.63, 3.8) is 0 Å². The molecule has 0 saturated carbocycles. The predicted molar refractivity (Wildman–Crippen MR) is 48.4 cm³/mol. The van der Waals surface area contributed by atoms with Crippen molar-refractivity contribution in [2.45, 2.75) is 0 Å². The van der Waals surface area contributed by atoms with Crippen LogP contribution in [0.1, 0.15) is 0 Å². The average Bonchev–Trinajstić information content (AvgIpc) is 2.40. The number of aliphatic hydroxyl groups is 4. The van der Waals surface area contributed by atoms with Crippen LogP contribution in [0.5, 0.6) is 0 Å². The van der Waals surface area contributed by atoms with Crippen molar-refractivity contribution < 1.29 is 81.7 Å². The van der Waals surface area contributed by atoms with E-state index in [0.717, 1.165) is 0 Å². The Morgan fingerprint density at radius 2 is 0.571 bits per heavy atom. The average molecular weight is 348 g/mol. The van der Waals surface area contributed by atoms with Gasteiger partial charge in [-0.2, -0.15) is 0 Å². The van der Waals surface area contributed by atoms with Gasteiger partial charge in [-0.25, -0.2) is 0 Å². The van der Waals surface area contributed by atoms with E-state index >= 15 is 0 Å². The van der Waals surface area contributed by atoms with Gasteiger partial charge in [0, 0.05) is 0 Å². The molecule has 0 bridgehead atoms. The molecule has 0 fully saturated rings. The van der Waals surface area contributed by atoms with E-state index in [4.69, 9.17) is 60.0 Å². The number of rotatable bonds is 4. The monoisotopic (exact) mass is 348 g/mol. The van der Waals surface area contributed by atoms with E-state index in [1.54, 1.807) is 0 Å². The second kappa shape index (κ2) is 26.9. The van der Waals surface area contributed by atoms with E-state index in [9.17, 15) is 0 Å². The fourth-order valence-electron chi connectivity index (χ4n) is 0. The van der Waals surface area contributed by atoms with Gasteiger partial charge in [-0.05, 0) is 0 Å². The molecule has 0 atom stereocenters. The van der Waals surface area contributed by atoms with Crippen LogP contribution in [-0.2, 0) is 40.9 Å². The van der Waals surface area contributed by atoms with Crippen LogP contribution in [0.4, 0.5) is 0 Å². The molecule has 0 aromatic rings. The number of aliphatic carboxylic acids is 4. The first-order valence-corrected chi connectivity index (χ1v) is 4.31. The summed E-state index contributed by atoms with van der Waals surface area (Å²) in [5.74, 6) is -5.76. The van der Waals surface area contributed by atoms with Gasteiger partial charge in [-0.3, -0.25) is 0 Å². The normalized spacial score (nSPS) is 7.05. The molecule has 0 radical (unpaired) electrons. The van der Waals surface area contributed by atoms with Gasteiger partial charge in [0.25, 0.3) is 0 Å². The third-order valence-electron chi connectivity index (χ3n) is 0.516. The van der Waals surface area contributed by atoms with E-state index in [1.807, 2.05) is 0 Å². The Balaban J connectivity index is -0.0000000533. The Morgan fingerprint density at radius 3 is 0.571 bits per heavy atom. The molecule has 21 heavy (non-hydrogen) atoms. The summed E-state index contributed by atoms with van der Waals surface area (Å²) >= 11 is 0. The van der Waals surface area contributed by atoms with Crippen molar-refractivity contribution >= 4 is 23.9 Å². The summed E-state index contributed by atoms with van der Waals surface area (Å²) in [6, 6.07) is 0. The number of hydrogen-bond donors (Lipinski definition) is 4. The van der Waals surface area contributed by atoms with E-state index in [-0.39, 0.29) is 21.7 Å². The van der Waals surface area contributed by atoms with Gasteiger partial charge >= 0.3 is 21.7 Å². The van der Waals surface area contributed by atoms with Crippen molar-refractivity contribution in [3.05, 3.63) is 0 Å². The number of carboxylic acid groups (broad SMARTS) is 4. The molecule has 0 aliphatic rings. The maximum Gasteiger partial charge on any atom is 4.00 e. The summed E-state index contributed by atoms with van der Waals surface area (Å²) in [7, 11) is 0. The van der Waals surface area contributed by atoms with Crippen LogP contribution in [0, 0.1) is 0 Å². The van der Waals surface area contributed by atoms with Crippen LogP contribution in [0.2, 0.25) is 0 Å². The molecule has 0 unspecified atom stereocenters. The molecular weight excluding hydrogens is 336 g/mol. The fourth-order valence-corrected chi connectivity index (χ4v) is 0. The molecular formula is C8H12O12Ti. The van der Waals surface area contributed by atoms with Crippen molar-refractivity contribution in [2.24, 2.45) is 0 Å². The summed E-state index contributed by atoms with van der Waals surface area (Å²) in [4.78, 5) is 36.0. The fraction of sp³-hybridized carbons (Fsp3) is 0.500. The van der Waals surface area contributed by atoms with Gasteiger partial charge in [-0.15, -0.1) is 0 Å². The standard InChI is InChI=1S/4C2H4O3.Ti/c4*3-1-2(4)5;/h4*3H,1H2,(H,4,5);/q;;;;+4/p-4. The Morgan fingerprint density at radius 1 is 0.524 bits per heavy atom. The molecule has 4 N–H and O–H groups in total. The van der Waals surface area contributed by atoms with Crippen molar-refractivity contribution in [2.75, 3.05) is 26.4 Å². The first-order valence-electron chi connectivity index (χ1n) is 4.31. The number of aliphatic hydroxyl groups excluding tert-OH is 4. The van der Waals surface area contributed by atoms with Crippen LogP contribution < -0.4 is 20.4 Å². The zero-order valence-corrected chi connectivity index (χ0v) is 11.9. The molecule has 0 aliphatic heterocycles. The van der Waals surface area contributed by atoms with Gasteiger partial charge in [0.05, 0.1) is 50.3 Å². The number of carbonyl (C=O) groups is 4. The van der Waals surface area contributed by atoms with Crippen LogP contribution in [0.25, 0.3) is 0 Å². The van der Waals surface area contributed by atoms with Crippen LogP contribution >= 0.6 is 0 Å². The summed E-state index contributed by atoms with van der Waals surface area (Å²) in [6.45, 7) is -3.56. The second-order valence-corrected chi connectivity index (χ2v) is 2.12. The minimum atomic E-state index is -1.44. The molecule has 120 valence electrons. The van der Waals surface area contributed by atoms with E-state index in [2.05, 4.69) is 0 Å². The molecule has 0 saturated heterocycles. The maximum absolute atomic E-state index is 9.01. The first-order chi connectivity index (χ1) is 9.08. The smallest absolute Gasteiger partial charge is 0.548 e. The minimum Gasteiger partial charge on any atom is -0.548 e. The van der Waals surface area contributed by atoms with Gasteiger partial charge in [0.15, 0.2) is 0 Å². The Bertz CT molecular complexity index is 222. The molecule has 0 aliphatic carbocycles. The van der Waals surface area contributed by atoms with E-state index in [1.165, 1.54) is 0 Å². The molecule has 0 heterocycles. The maximum atomic E-state index is 9.01. The number of carbonyl (C=O) groups excluding carboxylic acids is 4. The minimum absolute atomic E-state index is 0. The van der Waals surface area contributed by atoms with Gasteiger partial charge in [0.1, 0.15) is 0 Å². The molecule has 13 heteroatoms. The van der Waals surface area contributed by atoms with Gasteiger partial charge in [-0.1, -0.05) is 0 Å². The zero-order chi connectivity index (χ0) is 17.1. The number of hydrogen-bond acceptors (Lipinski definition) is 12. The van der Waals surface area contributed by atoms with Crippen molar-refractivity contribution in [1.82, 2.24) is 0 Å². The Labute approximate surface area is 132 Å². The summed E-state index contributed by atoms with van der Waals surface area (Å²) < 4.78 is 0. The van der Waals surface area contributed by atoms with Crippen LogP contribution in [0.3, 0.4) is 0 Å². The van der Waals surface area contributed by atoms with Gasteiger partial charge < -0.3 is 60.0 Å². The summed E-state index contributed by atoms with van der Waals surface area (Å²) in [6.07, 6.45) is 0. The largest absolute Gasteiger partial charge is 4.00 e. The summed E-state index contributed by atoms with van der Waals surface area (Å²) in [5.41, 5.74) is 0. The molecule has 0 amide bonds. The molecule has 0 aromatic heterocycles. The summed E-state index contributed by atoms with van der Waals surface area (Å²) in [5, 5.41) is 66.0. The van der Waals surface area contributed by atoms with Crippen molar-refractivity contribution in [1.29, 1.82) is 0 Å². The quantitative estimate of drug-likeness (QED) is 0.346. The topological polar surface area (TPSA) is 241 Å². The predicted octanol–water partition coefficient (Wildman–Crippen LogP) is -9.09. The SMILES string of the molecule is O=C([O-])CO.O=C([O-])CO.O=C([O-])CO.O=C([O-])CO.[Ti+4]. The third kappa shape index (κ3) is 120. The molecule has 0 aromatic carbocycles. The first kappa shape index (κ1) is 31.7. The molecule has 0 spiro atoms. The van der Waals surface area contributed by atoms with Crippen molar-refractivity contribution in [3.8, 4) is 0 Å². The number of carboxylic acids is 4. The van der Waals surface area contributed by atoms with Gasteiger partial charge in [0.2, 0.25) is 0 Å². The molecule has 0 rings (SSSR count). The van der Waals surface area contributed by atoms with E-state index < -0.39 is 50.3 Å². The third-order valence-corrected chi connectivity index (χ3v) is 0.516. The Hall–Kier alpha value is -1.57. The van der Waals surface area contributed by atoms with E-state index in [0.29, 0.717) is 0 Å².